The summed E-state index contributed by atoms with van der Waals surface area (Å²) < 4.78 is 142. The topological polar surface area (TPSA) is 492 Å². The number of hydroxylamine groups is 2. The Morgan fingerprint density at radius 1 is 0.346 bits per heavy atom. The largest absolute Gasteiger partial charge is 0.493 e. The standard InChI is InChI=1S/C23H32N6O5S.C23H32N6O4S.C22H30N6O5S.C22H30N6O4S/c1-4-6-19-22-25-21(26-23(31)29(22)16(3)24-19)18-15-17(7-8-20(18)34-5-2)35(32,33)28-11-9-27(10-12-28)13-14-30;1-5-8-19-22-25-21(26-23(30)29(22)16(4)24-19)18-15-17(9-10-20(18)33-7-3)34(31,32)28-13-11-27(6-2)12-14-28;1-4-7-17-21-24-20(25-22(29)28(21)19(5-2)23-17)16-14-15(8-9-18(16)33-6-3)34(31,32)27-12-10-26(30)11-13-27;1-5-7-18-21-24-20(25-22(29)28(21)15(3)23-18)17-14-16(8-9-19(17)32-6-2)33(30,31)27-12-10-26(4)11-13-27/h7-8,15,30H,4-6,9-14H2,1-3H3,(H,25,26,31);9-10,15H,5-8,11-14H2,1-4H3,(H,25,26,30);8-9,14,30H,4-7,10-13H2,1-3H3,(H,24,25,29);8-9,14H,5-7,10-13H2,1-4H3,(H,24,25,29). The van der Waals surface area contributed by atoms with Gasteiger partial charge in [-0.3, -0.25) is 24.8 Å². The normalized spacial score (nSPS) is 15.8. The summed E-state index contributed by atoms with van der Waals surface area (Å²) in [6.07, 6.45) is 6.70. The number of nitrogens with one attached hydrogen (secondary N) is 4. The Hall–Kier alpha value is -11.1. The number of sulfonamides is 4. The zero-order chi connectivity index (χ0) is 97.8. The van der Waals surface area contributed by atoms with Crippen LogP contribution >= 0.6 is 0 Å². The molecule has 0 spiro atoms. The van der Waals surface area contributed by atoms with Gasteiger partial charge in [-0.15, -0.1) is 0 Å². The summed E-state index contributed by atoms with van der Waals surface area (Å²) in [4.78, 5) is 107. The van der Waals surface area contributed by atoms with E-state index in [4.69, 9.17) is 34.0 Å². The molecule has 4 aliphatic heterocycles. The molecule has 12 aromatic rings. The zero-order valence-electron chi connectivity index (χ0n) is 79.6. The lowest BCUT2D eigenvalue weighted by Gasteiger charge is -2.33. The molecule has 4 aromatic carbocycles. The molecule has 0 atom stereocenters. The van der Waals surface area contributed by atoms with Crippen molar-refractivity contribution in [2.75, 3.05) is 158 Å². The Morgan fingerprint density at radius 3 is 0.882 bits per heavy atom. The van der Waals surface area contributed by atoms with E-state index in [0.717, 1.165) is 60.1 Å². The van der Waals surface area contributed by atoms with Crippen LogP contribution in [0, 0.1) is 20.8 Å². The predicted molar refractivity (Wildman–Crippen MR) is 512 cm³/mol. The molecule has 0 radical (unpaired) electrons. The van der Waals surface area contributed by atoms with Crippen molar-refractivity contribution < 1.29 is 62.9 Å². The van der Waals surface area contributed by atoms with Crippen molar-refractivity contribution in [1.82, 2.24) is 114 Å². The smallest absolute Gasteiger partial charge is 0.334 e. The number of aliphatic hydroxyl groups is 1. The number of aromatic nitrogens is 16. The molecule has 12 heterocycles. The number of ether oxygens (including phenoxy) is 4. The van der Waals surface area contributed by atoms with E-state index < -0.39 is 45.8 Å². The van der Waals surface area contributed by atoms with Gasteiger partial charge < -0.3 is 39.1 Å². The predicted octanol–water partition coefficient (Wildman–Crippen LogP) is 6.49. The molecule has 4 aliphatic rings. The van der Waals surface area contributed by atoms with Crippen LogP contribution in [0.2, 0.25) is 0 Å². The van der Waals surface area contributed by atoms with Crippen molar-refractivity contribution >= 4 is 62.7 Å². The molecule has 4 saturated heterocycles. The highest BCUT2D eigenvalue weighted by molar-refractivity contribution is 7.90. The number of β-amino-alcohol motifs (C(OH)–C–C–N with tert-alkyl or cyclic N) is 1. The first kappa shape index (κ1) is 102. The number of piperazine rings is 4. The highest BCUT2D eigenvalue weighted by Gasteiger charge is 2.36. The van der Waals surface area contributed by atoms with Gasteiger partial charge in [-0.05, 0) is 161 Å². The van der Waals surface area contributed by atoms with Crippen LogP contribution in [0.4, 0.5) is 0 Å². The van der Waals surface area contributed by atoms with E-state index in [-0.39, 0.29) is 92.7 Å². The number of hydrogen-bond acceptors (Lipinski definition) is 30. The highest BCUT2D eigenvalue weighted by atomic mass is 32.2. The fraction of sp³-hybridized carbons (Fsp3) is 0.511. The number of H-pyrrole nitrogens is 4. The van der Waals surface area contributed by atoms with E-state index in [1.165, 1.54) is 65.2 Å². The first-order valence-electron chi connectivity index (χ1n) is 46.4. The van der Waals surface area contributed by atoms with Crippen molar-refractivity contribution in [3.63, 3.8) is 0 Å². The molecule has 42 nitrogen and oxygen atoms in total. The molecule has 0 saturated carbocycles. The Kier molecular flexibility index (Phi) is 33.5. The van der Waals surface area contributed by atoms with E-state index in [1.807, 2.05) is 74.3 Å². The molecular weight excluding hydrogens is 1830 g/mol. The minimum absolute atomic E-state index is 0.0429. The maximum atomic E-state index is 13.4. The summed E-state index contributed by atoms with van der Waals surface area (Å²) >= 11 is 0. The molecular formula is C90H124N24O18S4. The number of likely N-dealkylation sites (N-methyl/N-ethyl adjacent to an activating group) is 2. The third-order valence-electron chi connectivity index (χ3n) is 23.9. The van der Waals surface area contributed by atoms with Crippen LogP contribution < -0.4 is 41.7 Å². The minimum atomic E-state index is -3.81. The molecule has 8 aromatic heterocycles. The second kappa shape index (κ2) is 44.6. The highest BCUT2D eigenvalue weighted by Crippen LogP contribution is 2.38. The van der Waals surface area contributed by atoms with Gasteiger partial charge in [0, 0.05) is 118 Å². The van der Waals surface area contributed by atoms with Gasteiger partial charge in [0.05, 0.1) is 97.6 Å². The van der Waals surface area contributed by atoms with Gasteiger partial charge in [0.15, 0.2) is 22.6 Å². The summed E-state index contributed by atoms with van der Waals surface area (Å²) in [5.74, 6) is 5.01. The van der Waals surface area contributed by atoms with Gasteiger partial charge in [0.25, 0.3) is 0 Å². The number of aliphatic hydroxyl groups excluding tert-OH is 1. The summed E-state index contributed by atoms with van der Waals surface area (Å²) in [7, 11) is -13.0. The van der Waals surface area contributed by atoms with Crippen LogP contribution in [-0.4, -0.2) is 316 Å². The Morgan fingerprint density at radius 2 is 0.610 bits per heavy atom. The number of fused-ring (bicyclic) bond motifs is 4. The van der Waals surface area contributed by atoms with Crippen molar-refractivity contribution in [1.29, 1.82) is 0 Å². The van der Waals surface area contributed by atoms with Gasteiger partial charge in [-0.2, -0.15) is 22.3 Å². The number of aryl methyl sites for hydroxylation is 8. The summed E-state index contributed by atoms with van der Waals surface area (Å²) in [6, 6.07) is 18.6. The maximum absolute atomic E-state index is 13.4. The number of nitrogens with zero attached hydrogens (tertiary/aromatic N) is 20. The van der Waals surface area contributed by atoms with Gasteiger partial charge in [0.2, 0.25) is 40.1 Å². The fourth-order valence-electron chi connectivity index (χ4n) is 16.9. The van der Waals surface area contributed by atoms with E-state index >= 15 is 0 Å². The zero-order valence-corrected chi connectivity index (χ0v) is 82.8. The first-order chi connectivity index (χ1) is 65.1. The number of aromatic amines is 4. The van der Waals surface area contributed by atoms with Gasteiger partial charge in [0.1, 0.15) is 69.6 Å². The quantitative estimate of drug-likeness (QED) is 0.0262. The molecule has 16 rings (SSSR count). The number of imidazole rings is 4. The third-order valence-corrected chi connectivity index (χ3v) is 31.5. The van der Waals surface area contributed by atoms with Crippen molar-refractivity contribution in [2.24, 2.45) is 0 Å². The average Bonchev–Trinajstić information content (AvgIpc) is 1.55. The van der Waals surface area contributed by atoms with Crippen LogP contribution in [0.3, 0.4) is 0 Å². The monoisotopic (exact) mass is 1960 g/mol. The van der Waals surface area contributed by atoms with E-state index in [1.54, 1.807) is 63.2 Å². The third kappa shape index (κ3) is 22.0. The SMILES string of the molecule is CCCc1nc(C)n2c(=O)[nH]c(-c3cc(S(=O)(=O)N4CCN(C)CC4)ccc3OCC)nc12.CCCc1nc(C)n2c(=O)[nH]c(-c3cc(S(=O)(=O)N4CCN(CC)CC4)ccc3OCC)nc12.CCCc1nc(C)n2c(=O)[nH]c(-c3cc(S(=O)(=O)N4CCN(CCO)CC4)ccc3OCC)nc12.CCCc1nc(CC)n2c(=O)[nH]c(-c3cc(S(=O)(=O)N4CCN(O)CC4)ccc3OCC)nc12. The lowest BCUT2D eigenvalue weighted by molar-refractivity contribution is -0.108. The lowest BCUT2D eigenvalue weighted by Crippen LogP contribution is -2.49. The fourth-order valence-corrected chi connectivity index (χ4v) is 22.7. The van der Waals surface area contributed by atoms with E-state index in [9.17, 15) is 58.1 Å². The van der Waals surface area contributed by atoms with Crippen molar-refractivity contribution in [3.8, 4) is 68.5 Å². The molecule has 46 heteroatoms. The average molecular weight is 1960 g/mol. The van der Waals surface area contributed by atoms with Gasteiger partial charge in [-0.25, -0.2) is 110 Å². The second-order valence-electron chi connectivity index (χ2n) is 33.1. The number of hydrogen-bond donors (Lipinski definition) is 6. The molecule has 6 N–H and O–H groups in total. The van der Waals surface area contributed by atoms with Crippen LogP contribution in [0.1, 0.15) is 141 Å². The molecule has 0 aliphatic carbocycles. The molecule has 736 valence electrons. The molecule has 0 unspecified atom stereocenters. The lowest BCUT2D eigenvalue weighted by atomic mass is 10.2. The van der Waals surface area contributed by atoms with Crippen LogP contribution in [0.15, 0.2) is 112 Å². The minimum Gasteiger partial charge on any atom is -0.493 e. The van der Waals surface area contributed by atoms with Crippen molar-refractivity contribution in [2.45, 2.75) is 167 Å². The summed E-state index contributed by atoms with van der Waals surface area (Å²) in [5.41, 5.74) is 4.89. The van der Waals surface area contributed by atoms with Crippen LogP contribution in [-0.2, 0) is 72.2 Å². The first-order valence-corrected chi connectivity index (χ1v) is 52.1. The summed E-state index contributed by atoms with van der Waals surface area (Å²) in [5, 5.41) is 19.8. The molecule has 0 amide bonds. The van der Waals surface area contributed by atoms with Crippen LogP contribution in [0.5, 0.6) is 23.0 Å². The number of benzene rings is 4. The van der Waals surface area contributed by atoms with E-state index in [0.29, 0.717) is 235 Å². The van der Waals surface area contributed by atoms with Crippen LogP contribution in [0.25, 0.3) is 68.1 Å². The van der Waals surface area contributed by atoms with E-state index in [2.05, 4.69) is 66.6 Å². The van der Waals surface area contributed by atoms with Crippen molar-refractivity contribution in [3.05, 3.63) is 161 Å². The van der Waals surface area contributed by atoms with Gasteiger partial charge in [-0.1, -0.05) is 67.2 Å². The number of rotatable bonds is 32. The second-order valence-corrected chi connectivity index (χ2v) is 40.8. The molecule has 4 fully saturated rings. The Balaban J connectivity index is 0.000000153. The maximum Gasteiger partial charge on any atom is 0.334 e. The summed E-state index contributed by atoms with van der Waals surface area (Å²) in [6.45, 7) is 34.8. The van der Waals surface area contributed by atoms with Gasteiger partial charge >= 0.3 is 22.8 Å². The Labute approximate surface area is 789 Å². The molecule has 0 bridgehead atoms. The molecule has 136 heavy (non-hydrogen) atoms. The Bertz CT molecular complexity index is 7020.